The number of nitrogens with one attached hydrogen (secondary N) is 1. The van der Waals surface area contributed by atoms with E-state index < -0.39 is 4.92 Å². The predicted octanol–water partition coefficient (Wildman–Crippen LogP) is 5.22. The molecule has 0 aliphatic heterocycles. The van der Waals surface area contributed by atoms with Gasteiger partial charge in [-0.2, -0.15) is 5.10 Å². The number of nitrogens with zero attached hydrogens (tertiary/aromatic N) is 3. The number of thiazole rings is 1. The summed E-state index contributed by atoms with van der Waals surface area (Å²) in [7, 11) is 0. The number of para-hydroxylation sites is 1. The summed E-state index contributed by atoms with van der Waals surface area (Å²) in [5.41, 5.74) is 5.41. The van der Waals surface area contributed by atoms with Gasteiger partial charge in [0.2, 0.25) is 5.13 Å². The normalized spacial score (nSPS) is 11.3. The Hall–Kier alpha value is -3.52. The van der Waals surface area contributed by atoms with Crippen molar-refractivity contribution in [1.82, 2.24) is 4.98 Å². The van der Waals surface area contributed by atoms with E-state index in [1.54, 1.807) is 30.3 Å². The molecule has 0 bridgehead atoms. The molecule has 0 unspecified atom stereocenters. The summed E-state index contributed by atoms with van der Waals surface area (Å²) in [6, 6.07) is 15.9. The van der Waals surface area contributed by atoms with Crippen LogP contribution in [0.2, 0.25) is 0 Å². The van der Waals surface area contributed by atoms with Gasteiger partial charge in [0, 0.05) is 6.07 Å². The van der Waals surface area contributed by atoms with Gasteiger partial charge in [-0.1, -0.05) is 29.5 Å². The number of hydrogen-bond acceptors (Lipinski definition) is 7. The molecule has 0 saturated carbocycles. The molecule has 0 atom stereocenters. The number of furan rings is 1. The molecule has 4 rings (SSSR count). The highest BCUT2D eigenvalue weighted by atomic mass is 32.1. The molecule has 2 aromatic carbocycles. The van der Waals surface area contributed by atoms with Gasteiger partial charge >= 0.3 is 0 Å². The summed E-state index contributed by atoms with van der Waals surface area (Å²) in [4.78, 5) is 15.2. The maximum Gasteiger partial charge on any atom is 0.280 e. The van der Waals surface area contributed by atoms with Gasteiger partial charge in [0.05, 0.1) is 26.9 Å². The van der Waals surface area contributed by atoms with Gasteiger partial charge < -0.3 is 4.42 Å². The Morgan fingerprint density at radius 1 is 1.22 bits per heavy atom. The van der Waals surface area contributed by atoms with Crippen molar-refractivity contribution in [3.8, 4) is 11.3 Å². The first-order valence-electron chi connectivity index (χ1n) is 8.10. The van der Waals surface area contributed by atoms with Crippen molar-refractivity contribution in [1.29, 1.82) is 0 Å². The lowest BCUT2D eigenvalue weighted by Gasteiger charge is -1.98. The van der Waals surface area contributed by atoms with Gasteiger partial charge in [0.15, 0.2) is 0 Å². The van der Waals surface area contributed by atoms with Gasteiger partial charge in [0.1, 0.15) is 11.5 Å². The molecule has 7 nitrogen and oxygen atoms in total. The Balaban J connectivity index is 1.51. The maximum atomic E-state index is 11.1. The van der Waals surface area contributed by atoms with Crippen LogP contribution in [-0.4, -0.2) is 16.1 Å². The van der Waals surface area contributed by atoms with Crippen molar-refractivity contribution in [2.45, 2.75) is 6.92 Å². The molecular weight excluding hydrogens is 364 g/mol. The summed E-state index contributed by atoms with van der Waals surface area (Å²) < 4.78 is 6.75. The van der Waals surface area contributed by atoms with Gasteiger partial charge in [-0.3, -0.25) is 15.5 Å². The fourth-order valence-electron chi connectivity index (χ4n) is 2.64. The van der Waals surface area contributed by atoms with Crippen LogP contribution in [0, 0.1) is 17.0 Å². The Labute approximate surface area is 158 Å². The molecule has 4 aromatic rings. The number of rotatable bonds is 5. The fraction of sp³-hybridized carbons (Fsp3) is 0.0526. The minimum Gasteiger partial charge on any atom is -0.455 e. The van der Waals surface area contributed by atoms with Crippen molar-refractivity contribution in [3.63, 3.8) is 0 Å². The minimum absolute atomic E-state index is 0.00164. The second kappa shape index (κ2) is 7.00. The molecule has 134 valence electrons. The zero-order chi connectivity index (χ0) is 18.8. The number of nitro benzene ring substituents is 1. The lowest BCUT2D eigenvalue weighted by molar-refractivity contribution is -0.384. The van der Waals surface area contributed by atoms with Gasteiger partial charge in [0.25, 0.3) is 5.69 Å². The molecule has 2 aromatic heterocycles. The molecule has 0 aliphatic carbocycles. The number of fused-ring (bicyclic) bond motifs is 1. The number of aromatic nitrogens is 1. The van der Waals surface area contributed by atoms with E-state index in [0.717, 1.165) is 10.2 Å². The summed E-state index contributed by atoms with van der Waals surface area (Å²) in [6.07, 6.45) is 1.51. The zero-order valence-corrected chi connectivity index (χ0v) is 15.1. The summed E-state index contributed by atoms with van der Waals surface area (Å²) >= 11 is 1.51. The van der Waals surface area contributed by atoms with Crippen LogP contribution in [0.25, 0.3) is 21.5 Å². The summed E-state index contributed by atoms with van der Waals surface area (Å²) in [5, 5.41) is 16.0. The number of aryl methyl sites for hydroxylation is 1. The lowest BCUT2D eigenvalue weighted by Crippen LogP contribution is -1.90. The summed E-state index contributed by atoms with van der Waals surface area (Å²) in [6.45, 7) is 2.04. The van der Waals surface area contributed by atoms with E-state index in [-0.39, 0.29) is 5.69 Å². The molecule has 1 N–H and O–H groups in total. The highest BCUT2D eigenvalue weighted by molar-refractivity contribution is 7.22. The molecule has 2 heterocycles. The largest absolute Gasteiger partial charge is 0.455 e. The molecule has 27 heavy (non-hydrogen) atoms. The average molecular weight is 378 g/mol. The molecule has 0 fully saturated rings. The van der Waals surface area contributed by atoms with Crippen LogP contribution < -0.4 is 5.43 Å². The third-order valence-electron chi connectivity index (χ3n) is 3.89. The molecule has 8 heteroatoms. The SMILES string of the molecule is Cc1ccc2nc(N/N=C\c3ccc(-c4ccccc4[N+](=O)[O-])o3)sc2c1. The minimum atomic E-state index is -0.429. The topological polar surface area (TPSA) is 93.6 Å². The number of anilines is 1. The van der Waals surface area contributed by atoms with Crippen molar-refractivity contribution in [2.75, 3.05) is 5.43 Å². The van der Waals surface area contributed by atoms with E-state index in [1.165, 1.54) is 29.2 Å². The first-order valence-corrected chi connectivity index (χ1v) is 8.92. The molecule has 0 saturated heterocycles. The predicted molar refractivity (Wildman–Crippen MR) is 106 cm³/mol. The lowest BCUT2D eigenvalue weighted by atomic mass is 10.1. The first-order chi connectivity index (χ1) is 13.1. The number of hydrazone groups is 1. The molecule has 0 aliphatic rings. The third kappa shape index (κ3) is 3.56. The second-order valence-corrected chi connectivity index (χ2v) is 6.87. The Morgan fingerprint density at radius 2 is 2.07 bits per heavy atom. The van der Waals surface area contributed by atoms with Crippen LogP contribution in [0.1, 0.15) is 11.3 Å². The van der Waals surface area contributed by atoms with Crippen LogP contribution in [0.4, 0.5) is 10.8 Å². The highest BCUT2D eigenvalue weighted by Gasteiger charge is 2.16. The van der Waals surface area contributed by atoms with Crippen LogP contribution in [0.5, 0.6) is 0 Å². The Morgan fingerprint density at radius 3 is 2.93 bits per heavy atom. The first kappa shape index (κ1) is 16.9. The van der Waals surface area contributed by atoms with E-state index in [1.807, 2.05) is 19.1 Å². The fourth-order valence-corrected chi connectivity index (χ4v) is 3.55. The smallest absolute Gasteiger partial charge is 0.280 e. The van der Waals surface area contributed by atoms with E-state index in [4.69, 9.17) is 4.42 Å². The van der Waals surface area contributed by atoms with Crippen molar-refractivity contribution < 1.29 is 9.34 Å². The van der Waals surface area contributed by atoms with Gasteiger partial charge in [-0.05, 0) is 42.8 Å². The van der Waals surface area contributed by atoms with E-state index in [9.17, 15) is 10.1 Å². The molecular formula is C19H14N4O3S. The van der Waals surface area contributed by atoms with Crippen molar-refractivity contribution >= 4 is 38.6 Å². The van der Waals surface area contributed by atoms with Crippen molar-refractivity contribution in [2.24, 2.45) is 5.10 Å². The Kier molecular flexibility index (Phi) is 4.39. The summed E-state index contributed by atoms with van der Waals surface area (Å²) in [5.74, 6) is 0.895. The van der Waals surface area contributed by atoms with Gasteiger partial charge in [-0.15, -0.1) is 0 Å². The van der Waals surface area contributed by atoms with Crippen LogP contribution in [0.3, 0.4) is 0 Å². The van der Waals surface area contributed by atoms with Crippen LogP contribution >= 0.6 is 11.3 Å². The number of benzene rings is 2. The molecule has 0 radical (unpaired) electrons. The highest BCUT2D eigenvalue weighted by Crippen LogP contribution is 2.30. The molecule has 0 amide bonds. The molecule has 0 spiro atoms. The van der Waals surface area contributed by atoms with Crippen molar-refractivity contribution in [3.05, 3.63) is 76.0 Å². The van der Waals surface area contributed by atoms with E-state index in [2.05, 4.69) is 21.6 Å². The Bertz CT molecular complexity index is 1160. The average Bonchev–Trinajstić information content (AvgIpc) is 3.28. The van der Waals surface area contributed by atoms with Crippen LogP contribution in [-0.2, 0) is 0 Å². The van der Waals surface area contributed by atoms with Gasteiger partial charge in [-0.25, -0.2) is 4.98 Å². The third-order valence-corrected chi connectivity index (χ3v) is 4.81. The standard InChI is InChI=1S/C19H14N4O3S/c1-12-6-8-15-18(10-12)27-19(21-15)22-20-11-13-7-9-17(26-13)14-4-2-3-5-16(14)23(24)25/h2-11H,1H3,(H,21,22)/b20-11-. The maximum absolute atomic E-state index is 11.1. The number of nitro groups is 1. The zero-order valence-electron chi connectivity index (χ0n) is 14.2. The van der Waals surface area contributed by atoms with E-state index >= 15 is 0 Å². The van der Waals surface area contributed by atoms with E-state index in [0.29, 0.717) is 22.2 Å². The monoisotopic (exact) mass is 378 g/mol. The quantitative estimate of drug-likeness (QED) is 0.292. The number of hydrogen-bond donors (Lipinski definition) is 1. The van der Waals surface area contributed by atoms with Crippen LogP contribution in [0.15, 0.2) is 64.1 Å². The second-order valence-electron chi connectivity index (χ2n) is 5.84.